The first-order valence-electron chi connectivity index (χ1n) is 11.0. The number of aromatic nitrogens is 1. The average Bonchev–Trinajstić information content (AvgIpc) is 3.12. The fraction of sp³-hybridized carbons (Fsp3) is 0.250. The monoisotopic (exact) mass is 573 g/mol. The second-order valence-electron chi connectivity index (χ2n) is 8.59. The van der Waals surface area contributed by atoms with Gasteiger partial charge in [0.2, 0.25) is 0 Å². The summed E-state index contributed by atoms with van der Waals surface area (Å²) in [5, 5.41) is 14.1. The van der Waals surface area contributed by atoms with Crippen molar-refractivity contribution in [3.05, 3.63) is 70.7 Å². The van der Waals surface area contributed by atoms with E-state index in [4.69, 9.17) is 32.7 Å². The van der Waals surface area contributed by atoms with E-state index in [0.29, 0.717) is 10.0 Å². The van der Waals surface area contributed by atoms with Crippen molar-refractivity contribution < 1.29 is 32.0 Å². The third-order valence-electron chi connectivity index (χ3n) is 6.16. The standard InChI is InChI=1S/C24H20Cl2F3N3O4S/c25-13-1-7-20-17(9-13)18-10-14(26)2-8-21(18)32(20)22-12-35-11-19(23(22)33)31-37(30,34)16-5-3-15(4-6-16)36-24(27,28)29/h1-10,19,22-23,33H,11-12H2,(H2,30,31,34)/t19-,22-,23-,37?/m0/s1. The number of ether oxygens (including phenoxy) is 2. The first kappa shape index (κ1) is 26.1. The van der Waals surface area contributed by atoms with Crippen LogP contribution < -0.4 is 9.46 Å². The van der Waals surface area contributed by atoms with Crippen molar-refractivity contribution in [1.82, 2.24) is 9.29 Å². The average molecular weight is 574 g/mol. The zero-order valence-electron chi connectivity index (χ0n) is 18.8. The van der Waals surface area contributed by atoms with Crippen molar-refractivity contribution in [1.29, 1.82) is 4.78 Å². The highest BCUT2D eigenvalue weighted by atomic mass is 35.5. The van der Waals surface area contributed by atoms with Gasteiger partial charge in [0.1, 0.15) is 15.7 Å². The zero-order chi connectivity index (χ0) is 26.5. The lowest BCUT2D eigenvalue weighted by Crippen LogP contribution is -2.53. The number of nitrogens with zero attached hydrogens (tertiary/aromatic N) is 1. The van der Waals surface area contributed by atoms with Gasteiger partial charge in [-0.25, -0.2) is 13.7 Å². The Kier molecular flexibility index (Phi) is 6.80. The number of aliphatic hydroxyl groups is 1. The van der Waals surface area contributed by atoms with Crippen molar-refractivity contribution in [3.63, 3.8) is 0 Å². The van der Waals surface area contributed by atoms with E-state index in [2.05, 4.69) is 9.46 Å². The van der Waals surface area contributed by atoms with Gasteiger partial charge in [-0.15, -0.1) is 13.2 Å². The Morgan fingerprint density at radius 2 is 1.57 bits per heavy atom. The molecule has 1 saturated heterocycles. The largest absolute Gasteiger partial charge is 0.573 e. The molecule has 0 amide bonds. The Morgan fingerprint density at radius 3 is 2.11 bits per heavy atom. The van der Waals surface area contributed by atoms with Crippen LogP contribution in [0, 0.1) is 4.78 Å². The van der Waals surface area contributed by atoms with E-state index in [1.807, 2.05) is 16.7 Å². The maximum atomic E-state index is 13.2. The van der Waals surface area contributed by atoms with Crippen LogP contribution in [0.15, 0.2) is 65.6 Å². The molecule has 0 spiro atoms. The summed E-state index contributed by atoms with van der Waals surface area (Å²) in [5.74, 6) is -0.501. The predicted octanol–water partition coefficient (Wildman–Crippen LogP) is 5.91. The molecule has 0 radical (unpaired) electrons. The highest BCUT2D eigenvalue weighted by Crippen LogP contribution is 2.37. The summed E-state index contributed by atoms with van der Waals surface area (Å²) < 4.78 is 72.9. The topological polar surface area (TPSA) is 96.6 Å². The lowest BCUT2D eigenvalue weighted by Gasteiger charge is -2.37. The van der Waals surface area contributed by atoms with Gasteiger partial charge in [0.05, 0.1) is 36.3 Å². The first-order chi connectivity index (χ1) is 17.4. The molecule has 13 heteroatoms. The maximum Gasteiger partial charge on any atom is 0.573 e. The SMILES string of the molecule is N=S(=O)(N[C@H]1COC[C@H](n2c3ccc(Cl)cc3c3cc(Cl)ccc32)[C@H]1O)c1ccc(OC(F)(F)F)cc1. The van der Waals surface area contributed by atoms with Gasteiger partial charge in [0, 0.05) is 31.9 Å². The lowest BCUT2D eigenvalue weighted by molar-refractivity contribution is -0.274. The Labute approximate surface area is 219 Å². The molecule has 1 aliphatic rings. The molecule has 4 aromatic rings. The highest BCUT2D eigenvalue weighted by molar-refractivity contribution is 7.90. The van der Waals surface area contributed by atoms with Crippen molar-refractivity contribution >= 4 is 54.9 Å². The molecule has 37 heavy (non-hydrogen) atoms. The molecule has 2 heterocycles. The molecule has 3 N–H and O–H groups in total. The lowest BCUT2D eigenvalue weighted by atomic mass is 10.0. The van der Waals surface area contributed by atoms with Crippen molar-refractivity contribution in [2.24, 2.45) is 0 Å². The van der Waals surface area contributed by atoms with Crippen LogP contribution in [-0.2, 0) is 14.7 Å². The number of benzene rings is 3. The predicted molar refractivity (Wildman–Crippen MR) is 135 cm³/mol. The molecular formula is C24H20Cl2F3N3O4S. The maximum absolute atomic E-state index is 13.2. The minimum Gasteiger partial charge on any atom is -0.406 e. The number of hydrogen-bond acceptors (Lipinski definition) is 5. The molecule has 1 aromatic heterocycles. The van der Waals surface area contributed by atoms with E-state index in [0.717, 1.165) is 46.1 Å². The highest BCUT2D eigenvalue weighted by Gasteiger charge is 2.37. The third-order valence-corrected chi connectivity index (χ3v) is 8.20. The molecule has 4 atom stereocenters. The molecule has 0 aliphatic carbocycles. The second kappa shape index (κ2) is 9.64. The quantitative estimate of drug-likeness (QED) is 0.276. The summed E-state index contributed by atoms with van der Waals surface area (Å²) in [6.45, 7) is 0.115. The normalized spacial score (nSPS) is 22.3. The Hall–Kier alpha value is -2.54. The second-order valence-corrected chi connectivity index (χ2v) is 11.3. The van der Waals surface area contributed by atoms with Gasteiger partial charge in [-0.1, -0.05) is 23.2 Å². The van der Waals surface area contributed by atoms with E-state index in [-0.39, 0.29) is 18.1 Å². The fourth-order valence-electron chi connectivity index (χ4n) is 4.58. The van der Waals surface area contributed by atoms with Gasteiger partial charge in [0.15, 0.2) is 0 Å². The molecule has 7 nitrogen and oxygen atoms in total. The number of halogens is 5. The summed E-state index contributed by atoms with van der Waals surface area (Å²) >= 11 is 12.5. The number of hydrogen-bond donors (Lipinski definition) is 3. The first-order valence-corrected chi connectivity index (χ1v) is 13.3. The van der Waals surface area contributed by atoms with E-state index in [1.165, 1.54) is 0 Å². The number of fused-ring (bicyclic) bond motifs is 3. The Balaban J connectivity index is 1.45. The van der Waals surface area contributed by atoms with Crippen LogP contribution in [0.5, 0.6) is 5.75 Å². The zero-order valence-corrected chi connectivity index (χ0v) is 21.2. The van der Waals surface area contributed by atoms with Gasteiger partial charge in [-0.2, -0.15) is 0 Å². The van der Waals surface area contributed by atoms with Gasteiger partial charge < -0.3 is 19.1 Å². The molecule has 3 aromatic carbocycles. The molecular weight excluding hydrogens is 554 g/mol. The van der Waals surface area contributed by atoms with Crippen LogP contribution in [0.2, 0.25) is 10.0 Å². The van der Waals surface area contributed by atoms with Crippen LogP contribution in [-0.4, -0.2) is 45.6 Å². The van der Waals surface area contributed by atoms with Gasteiger partial charge >= 0.3 is 6.36 Å². The fourth-order valence-corrected chi connectivity index (χ4v) is 6.21. The van der Waals surface area contributed by atoms with Crippen LogP contribution in [0.4, 0.5) is 13.2 Å². The van der Waals surface area contributed by atoms with Gasteiger partial charge in [-0.05, 0) is 60.7 Å². The molecule has 1 fully saturated rings. The minimum absolute atomic E-state index is 0.0302. The van der Waals surface area contributed by atoms with Crippen LogP contribution >= 0.6 is 23.2 Å². The molecule has 0 saturated carbocycles. The summed E-state index contributed by atoms with van der Waals surface area (Å²) in [6, 6.07) is 13.4. The van der Waals surface area contributed by atoms with Crippen LogP contribution in [0.25, 0.3) is 21.8 Å². The molecule has 1 aliphatic heterocycles. The van der Waals surface area contributed by atoms with Gasteiger partial charge in [-0.3, -0.25) is 0 Å². The minimum atomic E-state index is -4.87. The Morgan fingerprint density at radius 1 is 1.00 bits per heavy atom. The summed E-state index contributed by atoms with van der Waals surface area (Å²) in [4.78, 5) is -0.0718. The van der Waals surface area contributed by atoms with E-state index >= 15 is 0 Å². The number of alkyl halides is 3. The van der Waals surface area contributed by atoms with E-state index < -0.39 is 40.2 Å². The van der Waals surface area contributed by atoms with E-state index in [1.54, 1.807) is 24.3 Å². The van der Waals surface area contributed by atoms with Crippen molar-refractivity contribution in [2.75, 3.05) is 13.2 Å². The number of rotatable bonds is 5. The number of nitrogens with one attached hydrogen (secondary N) is 2. The third kappa shape index (κ3) is 5.25. The van der Waals surface area contributed by atoms with E-state index in [9.17, 15) is 22.5 Å². The molecule has 196 valence electrons. The van der Waals surface area contributed by atoms with Crippen LogP contribution in [0.1, 0.15) is 6.04 Å². The summed E-state index contributed by atoms with van der Waals surface area (Å²) in [5.41, 5.74) is 1.56. The van der Waals surface area contributed by atoms with Crippen LogP contribution in [0.3, 0.4) is 0 Å². The molecule has 5 rings (SSSR count). The summed E-state index contributed by atoms with van der Waals surface area (Å²) in [6.07, 6.45) is -6.00. The van der Waals surface area contributed by atoms with Crippen molar-refractivity contribution in [3.8, 4) is 5.75 Å². The van der Waals surface area contributed by atoms with Crippen molar-refractivity contribution in [2.45, 2.75) is 29.4 Å². The summed E-state index contributed by atoms with van der Waals surface area (Å²) in [7, 11) is -3.71. The van der Waals surface area contributed by atoms with Gasteiger partial charge in [0.25, 0.3) is 0 Å². The molecule has 0 bridgehead atoms. The Bertz CT molecular complexity index is 1520. The number of aliphatic hydroxyl groups excluding tert-OH is 1. The smallest absolute Gasteiger partial charge is 0.406 e. The molecule has 1 unspecified atom stereocenters.